The van der Waals surface area contributed by atoms with Crippen molar-refractivity contribution in [3.63, 3.8) is 0 Å². The molecule has 0 radical (unpaired) electrons. The third-order valence-electron chi connectivity index (χ3n) is 3.82. The van der Waals surface area contributed by atoms with Crippen LogP contribution in [0.3, 0.4) is 0 Å². The molecule has 0 aliphatic carbocycles. The summed E-state index contributed by atoms with van der Waals surface area (Å²) in [7, 11) is 0. The number of hydrogen-bond acceptors (Lipinski definition) is 3. The van der Waals surface area contributed by atoms with E-state index in [1.807, 2.05) is 17.9 Å². The van der Waals surface area contributed by atoms with Crippen LogP contribution < -0.4 is 4.90 Å². The second-order valence-electron chi connectivity index (χ2n) is 5.17. The molecule has 6 heteroatoms. The molecule has 2 rings (SSSR count). The van der Waals surface area contributed by atoms with Crippen LogP contribution >= 0.6 is 0 Å². The molecule has 1 aromatic rings. The predicted octanol–water partition coefficient (Wildman–Crippen LogP) is 3.30. The van der Waals surface area contributed by atoms with Gasteiger partial charge in [0.1, 0.15) is 0 Å². The molecule has 0 bridgehead atoms. The topological polar surface area (TPSA) is 36.4 Å². The molecule has 0 amide bonds. The normalized spacial score (nSPS) is 19.1. The molecule has 0 aromatic carbocycles. The van der Waals surface area contributed by atoms with Gasteiger partial charge in [0.05, 0.1) is 29.6 Å². The SMILES string of the molecule is CC[C@H](O)c1ccc(N2CCC(C(F)(F)F)CC2)cn1. The summed E-state index contributed by atoms with van der Waals surface area (Å²) < 4.78 is 37.8. The number of rotatable bonds is 3. The van der Waals surface area contributed by atoms with Gasteiger partial charge in [0, 0.05) is 13.1 Å². The maximum absolute atomic E-state index is 12.6. The lowest BCUT2D eigenvalue weighted by atomic mass is 9.96. The van der Waals surface area contributed by atoms with E-state index in [-0.39, 0.29) is 12.8 Å². The summed E-state index contributed by atoms with van der Waals surface area (Å²) in [6, 6.07) is 3.55. The second kappa shape index (κ2) is 5.99. The zero-order valence-electron chi connectivity index (χ0n) is 11.4. The maximum atomic E-state index is 12.6. The molecule has 1 aliphatic heterocycles. The summed E-state index contributed by atoms with van der Waals surface area (Å²) in [5.74, 6) is -1.19. The van der Waals surface area contributed by atoms with E-state index < -0.39 is 18.2 Å². The van der Waals surface area contributed by atoms with Gasteiger partial charge < -0.3 is 10.0 Å². The third kappa shape index (κ3) is 3.42. The van der Waals surface area contributed by atoms with Crippen LogP contribution in [0.25, 0.3) is 0 Å². The number of pyridine rings is 1. The highest BCUT2D eigenvalue weighted by Gasteiger charge is 2.41. The Labute approximate surface area is 116 Å². The van der Waals surface area contributed by atoms with Crippen LogP contribution in [0.1, 0.15) is 38.0 Å². The highest BCUT2D eigenvalue weighted by molar-refractivity contribution is 5.45. The molecular formula is C14H19F3N2O. The molecule has 1 N–H and O–H groups in total. The van der Waals surface area contributed by atoms with E-state index in [1.165, 1.54) is 0 Å². The van der Waals surface area contributed by atoms with Gasteiger partial charge >= 0.3 is 6.18 Å². The first-order valence-electron chi connectivity index (χ1n) is 6.87. The van der Waals surface area contributed by atoms with Crippen molar-refractivity contribution in [1.82, 2.24) is 4.98 Å². The van der Waals surface area contributed by atoms with E-state index in [1.54, 1.807) is 12.3 Å². The summed E-state index contributed by atoms with van der Waals surface area (Å²) >= 11 is 0. The summed E-state index contributed by atoms with van der Waals surface area (Å²) in [5, 5.41) is 9.65. The number of hydrogen-bond donors (Lipinski definition) is 1. The average Bonchev–Trinajstić information content (AvgIpc) is 2.46. The van der Waals surface area contributed by atoms with Crippen molar-refractivity contribution in [2.45, 2.75) is 38.5 Å². The van der Waals surface area contributed by atoms with Crippen LogP contribution in [0.4, 0.5) is 18.9 Å². The monoisotopic (exact) mass is 288 g/mol. The lowest BCUT2D eigenvalue weighted by molar-refractivity contribution is -0.179. The number of nitrogens with zero attached hydrogens (tertiary/aromatic N) is 2. The van der Waals surface area contributed by atoms with Crippen molar-refractivity contribution < 1.29 is 18.3 Å². The van der Waals surface area contributed by atoms with Crippen molar-refractivity contribution in [2.24, 2.45) is 5.92 Å². The van der Waals surface area contributed by atoms with Crippen molar-refractivity contribution >= 4 is 5.69 Å². The van der Waals surface area contributed by atoms with Gasteiger partial charge in [-0.3, -0.25) is 4.98 Å². The Bertz CT molecular complexity index is 425. The lowest BCUT2D eigenvalue weighted by Gasteiger charge is -2.34. The fourth-order valence-corrected chi connectivity index (χ4v) is 2.46. The number of aliphatic hydroxyl groups excluding tert-OH is 1. The summed E-state index contributed by atoms with van der Waals surface area (Å²) in [4.78, 5) is 6.09. The molecular weight excluding hydrogens is 269 g/mol. The van der Waals surface area contributed by atoms with Crippen LogP contribution in [0, 0.1) is 5.92 Å². The molecule has 0 unspecified atom stereocenters. The number of aromatic nitrogens is 1. The van der Waals surface area contributed by atoms with E-state index in [0.29, 0.717) is 25.2 Å². The van der Waals surface area contributed by atoms with Crippen LogP contribution in [0.5, 0.6) is 0 Å². The molecule has 20 heavy (non-hydrogen) atoms. The fraction of sp³-hybridized carbons (Fsp3) is 0.643. The van der Waals surface area contributed by atoms with Gasteiger partial charge in [0.15, 0.2) is 0 Å². The van der Waals surface area contributed by atoms with Gasteiger partial charge in [-0.25, -0.2) is 0 Å². The van der Waals surface area contributed by atoms with E-state index in [9.17, 15) is 18.3 Å². The van der Waals surface area contributed by atoms with Gasteiger partial charge in [-0.05, 0) is 31.4 Å². The number of piperidine rings is 1. The zero-order chi connectivity index (χ0) is 14.8. The highest BCUT2D eigenvalue weighted by Crippen LogP contribution is 2.35. The summed E-state index contributed by atoms with van der Waals surface area (Å²) in [6.07, 6.45) is -2.20. The Kier molecular flexibility index (Phi) is 4.52. The predicted molar refractivity (Wildman–Crippen MR) is 70.5 cm³/mol. The first-order chi connectivity index (χ1) is 9.41. The van der Waals surface area contributed by atoms with Crippen LogP contribution in [-0.4, -0.2) is 29.4 Å². The minimum Gasteiger partial charge on any atom is -0.387 e. The van der Waals surface area contributed by atoms with Crippen LogP contribution in [-0.2, 0) is 0 Å². The van der Waals surface area contributed by atoms with Gasteiger partial charge in [-0.1, -0.05) is 6.92 Å². The Hall–Kier alpha value is -1.30. The quantitative estimate of drug-likeness (QED) is 0.927. The molecule has 3 nitrogen and oxygen atoms in total. The molecule has 112 valence electrons. The Balaban J connectivity index is 1.97. The smallest absolute Gasteiger partial charge is 0.387 e. The molecule has 1 fully saturated rings. The maximum Gasteiger partial charge on any atom is 0.391 e. The minimum atomic E-state index is -4.08. The molecule has 1 aliphatic rings. The van der Waals surface area contributed by atoms with Crippen LogP contribution in [0.2, 0.25) is 0 Å². The molecule has 0 saturated carbocycles. The van der Waals surface area contributed by atoms with Gasteiger partial charge in [0.25, 0.3) is 0 Å². The van der Waals surface area contributed by atoms with E-state index in [0.717, 1.165) is 5.69 Å². The fourth-order valence-electron chi connectivity index (χ4n) is 2.46. The second-order valence-corrected chi connectivity index (χ2v) is 5.17. The van der Waals surface area contributed by atoms with E-state index in [2.05, 4.69) is 4.98 Å². The number of halogens is 3. The summed E-state index contributed by atoms with van der Waals surface area (Å²) in [6.45, 7) is 2.64. The third-order valence-corrected chi connectivity index (χ3v) is 3.82. The van der Waals surface area contributed by atoms with Crippen molar-refractivity contribution in [3.05, 3.63) is 24.0 Å². The first kappa shape index (κ1) is 15.1. The molecule has 0 spiro atoms. The highest BCUT2D eigenvalue weighted by atomic mass is 19.4. The Morgan fingerprint density at radius 2 is 2.00 bits per heavy atom. The largest absolute Gasteiger partial charge is 0.391 e. The Morgan fingerprint density at radius 3 is 2.45 bits per heavy atom. The number of aliphatic hydroxyl groups is 1. The first-order valence-corrected chi connectivity index (χ1v) is 6.87. The van der Waals surface area contributed by atoms with Crippen molar-refractivity contribution in [1.29, 1.82) is 0 Å². The summed E-state index contributed by atoms with van der Waals surface area (Å²) in [5.41, 5.74) is 1.42. The minimum absolute atomic E-state index is 0.128. The lowest BCUT2D eigenvalue weighted by Crippen LogP contribution is -2.39. The standard InChI is InChI=1S/C14H19F3N2O/c1-2-13(20)12-4-3-11(9-18-12)19-7-5-10(6-8-19)14(15,16)17/h3-4,9-10,13,20H,2,5-8H2,1H3/t13-/m0/s1. The van der Waals surface area contributed by atoms with Gasteiger partial charge in [-0.2, -0.15) is 13.2 Å². The molecule has 1 aromatic heterocycles. The zero-order valence-corrected chi connectivity index (χ0v) is 11.4. The molecule has 2 heterocycles. The Morgan fingerprint density at radius 1 is 1.35 bits per heavy atom. The van der Waals surface area contributed by atoms with Crippen molar-refractivity contribution in [3.8, 4) is 0 Å². The van der Waals surface area contributed by atoms with E-state index in [4.69, 9.17) is 0 Å². The van der Waals surface area contributed by atoms with Crippen molar-refractivity contribution in [2.75, 3.05) is 18.0 Å². The average molecular weight is 288 g/mol. The van der Waals surface area contributed by atoms with Gasteiger partial charge in [0.2, 0.25) is 0 Å². The number of alkyl halides is 3. The molecule has 1 saturated heterocycles. The molecule has 1 atom stereocenters. The van der Waals surface area contributed by atoms with Gasteiger partial charge in [-0.15, -0.1) is 0 Å². The van der Waals surface area contributed by atoms with E-state index >= 15 is 0 Å². The number of anilines is 1. The van der Waals surface area contributed by atoms with Crippen LogP contribution in [0.15, 0.2) is 18.3 Å².